The molecule has 1 aromatic heterocycles. The number of nitrogens with zero attached hydrogens (tertiary/aromatic N) is 1. The molecule has 6 rings (SSSR count). The van der Waals surface area contributed by atoms with E-state index in [1.165, 1.54) is 12.1 Å². The number of ether oxygens (including phenoxy) is 1. The monoisotopic (exact) mass is 444 g/mol. The predicted octanol–water partition coefficient (Wildman–Crippen LogP) is 3.05. The molecule has 31 heavy (non-hydrogen) atoms. The van der Waals surface area contributed by atoms with Crippen LogP contribution in [0.2, 0.25) is 5.02 Å². The third-order valence-corrected chi connectivity index (χ3v) is 6.32. The molecule has 0 saturated heterocycles. The zero-order valence-corrected chi connectivity index (χ0v) is 17.5. The number of aromatic nitrogens is 1. The number of pyridine rings is 1. The van der Waals surface area contributed by atoms with E-state index in [1.807, 2.05) is 6.07 Å². The van der Waals surface area contributed by atoms with E-state index < -0.39 is 5.82 Å². The summed E-state index contributed by atoms with van der Waals surface area (Å²) in [5.41, 5.74) is 0.704. The Balaban J connectivity index is 1.09. The number of anilines is 1. The van der Waals surface area contributed by atoms with Gasteiger partial charge in [0.1, 0.15) is 17.3 Å². The maximum Gasteiger partial charge on any atom is 0.270 e. The minimum atomic E-state index is -0.597. The summed E-state index contributed by atoms with van der Waals surface area (Å²) in [5, 5.41) is 9.40. The highest BCUT2D eigenvalue weighted by molar-refractivity contribution is 6.30. The molecule has 2 amide bonds. The maximum absolute atomic E-state index is 13.4. The van der Waals surface area contributed by atoms with Crippen molar-refractivity contribution in [2.75, 3.05) is 11.9 Å². The Bertz CT molecular complexity index is 1040. The van der Waals surface area contributed by atoms with Crippen LogP contribution >= 0.6 is 11.6 Å². The molecule has 1 aromatic carbocycles. The van der Waals surface area contributed by atoms with Gasteiger partial charge in [0.15, 0.2) is 6.61 Å². The van der Waals surface area contributed by atoms with Gasteiger partial charge in [0, 0.05) is 35.1 Å². The van der Waals surface area contributed by atoms with Gasteiger partial charge >= 0.3 is 0 Å². The van der Waals surface area contributed by atoms with Crippen molar-refractivity contribution in [2.45, 2.75) is 49.2 Å². The molecule has 1 heterocycles. The van der Waals surface area contributed by atoms with E-state index in [2.05, 4.69) is 20.9 Å². The number of nitrogens with one attached hydrogen (secondary N) is 3. The number of carbonyl (C=O) groups is 2. The molecule has 4 aliphatic carbocycles. The number of rotatable bonds is 8. The molecule has 4 fully saturated rings. The van der Waals surface area contributed by atoms with Gasteiger partial charge in [0.2, 0.25) is 0 Å². The zero-order chi connectivity index (χ0) is 21.6. The molecule has 0 unspecified atom stereocenters. The minimum absolute atomic E-state index is 0.000818. The average molecular weight is 445 g/mol. The Labute approximate surface area is 183 Å². The van der Waals surface area contributed by atoms with E-state index in [4.69, 9.17) is 16.3 Å². The Morgan fingerprint density at radius 2 is 1.87 bits per heavy atom. The Morgan fingerprint density at radius 3 is 2.58 bits per heavy atom. The second-order valence-corrected chi connectivity index (χ2v) is 9.21. The van der Waals surface area contributed by atoms with E-state index in [9.17, 15) is 14.0 Å². The summed E-state index contributed by atoms with van der Waals surface area (Å²) in [6.45, 7) is -0.215. The van der Waals surface area contributed by atoms with Crippen LogP contribution in [0.1, 0.15) is 42.6 Å². The predicted molar refractivity (Wildman–Crippen MR) is 113 cm³/mol. The van der Waals surface area contributed by atoms with Crippen LogP contribution in [0.15, 0.2) is 36.5 Å². The largest absolute Gasteiger partial charge is 0.484 e. The summed E-state index contributed by atoms with van der Waals surface area (Å²) >= 11 is 5.63. The van der Waals surface area contributed by atoms with Crippen LogP contribution in [0.3, 0.4) is 0 Å². The number of halogens is 2. The molecule has 9 heteroatoms. The van der Waals surface area contributed by atoms with E-state index in [-0.39, 0.29) is 40.3 Å². The molecular formula is C22H22ClFN4O3. The van der Waals surface area contributed by atoms with Crippen molar-refractivity contribution in [1.82, 2.24) is 15.6 Å². The molecule has 0 radical (unpaired) electrons. The molecule has 0 spiro atoms. The summed E-state index contributed by atoms with van der Waals surface area (Å²) in [5.74, 6) is -0.841. The summed E-state index contributed by atoms with van der Waals surface area (Å²) in [6, 6.07) is 8.17. The van der Waals surface area contributed by atoms with Crippen molar-refractivity contribution in [3.8, 4) is 5.75 Å². The smallest absolute Gasteiger partial charge is 0.270 e. The first-order valence-electron chi connectivity index (χ1n) is 10.3. The quantitative estimate of drug-likeness (QED) is 0.582. The molecule has 4 saturated carbocycles. The summed E-state index contributed by atoms with van der Waals surface area (Å²) < 4.78 is 18.8. The van der Waals surface area contributed by atoms with Crippen molar-refractivity contribution >= 4 is 29.1 Å². The molecule has 0 atom stereocenters. The topological polar surface area (TPSA) is 92.4 Å². The van der Waals surface area contributed by atoms with Crippen LogP contribution in [0.5, 0.6) is 5.75 Å². The molecule has 4 aliphatic rings. The molecule has 7 nitrogen and oxygen atoms in total. The van der Waals surface area contributed by atoms with E-state index in [0.29, 0.717) is 31.0 Å². The lowest BCUT2D eigenvalue weighted by atomic mass is 9.44. The van der Waals surface area contributed by atoms with Crippen molar-refractivity contribution < 1.29 is 18.7 Å². The number of hydrogen-bond acceptors (Lipinski definition) is 5. The molecular weight excluding hydrogens is 423 g/mol. The lowest BCUT2D eigenvalue weighted by Gasteiger charge is -2.70. The van der Waals surface area contributed by atoms with Crippen LogP contribution in [0.25, 0.3) is 0 Å². The third-order valence-electron chi connectivity index (χ3n) is 6.02. The highest BCUT2D eigenvalue weighted by atomic mass is 35.5. The SMILES string of the molecule is O=C(COc1ccc(Cl)c(F)c1)NC12CC(NC(=O)c3cc(NC4CC4)ccn3)(C1)C2. The number of carbonyl (C=O) groups excluding carboxylic acids is 2. The molecule has 0 aliphatic heterocycles. The molecule has 3 N–H and O–H groups in total. The van der Waals surface area contributed by atoms with Crippen LogP contribution in [0, 0.1) is 5.82 Å². The van der Waals surface area contributed by atoms with Crippen LogP contribution in [-0.2, 0) is 4.79 Å². The van der Waals surface area contributed by atoms with E-state index in [0.717, 1.165) is 24.6 Å². The lowest BCUT2D eigenvalue weighted by molar-refractivity contribution is -0.141. The second-order valence-electron chi connectivity index (χ2n) is 8.81. The van der Waals surface area contributed by atoms with Gasteiger partial charge in [-0.1, -0.05) is 11.6 Å². The van der Waals surface area contributed by atoms with E-state index >= 15 is 0 Å². The highest BCUT2D eigenvalue weighted by Crippen LogP contribution is 2.60. The van der Waals surface area contributed by atoms with Gasteiger partial charge in [-0.05, 0) is 56.4 Å². The zero-order valence-electron chi connectivity index (χ0n) is 16.7. The summed E-state index contributed by atoms with van der Waals surface area (Å²) in [7, 11) is 0. The van der Waals surface area contributed by atoms with Crippen molar-refractivity contribution in [3.05, 3.63) is 53.1 Å². The van der Waals surface area contributed by atoms with Gasteiger partial charge in [-0.3, -0.25) is 14.6 Å². The van der Waals surface area contributed by atoms with Crippen LogP contribution < -0.4 is 20.7 Å². The van der Waals surface area contributed by atoms with Gasteiger partial charge in [-0.25, -0.2) is 4.39 Å². The van der Waals surface area contributed by atoms with Crippen LogP contribution in [-0.4, -0.2) is 40.5 Å². The van der Waals surface area contributed by atoms with Gasteiger partial charge in [0.05, 0.1) is 5.02 Å². The van der Waals surface area contributed by atoms with Gasteiger partial charge in [0.25, 0.3) is 11.8 Å². The summed E-state index contributed by atoms with van der Waals surface area (Å²) in [6.07, 6.45) is 5.97. The maximum atomic E-state index is 13.4. The first-order valence-corrected chi connectivity index (χ1v) is 10.7. The lowest BCUT2D eigenvalue weighted by Crippen LogP contribution is -2.84. The second kappa shape index (κ2) is 7.37. The number of hydrogen-bond donors (Lipinski definition) is 3. The Kier molecular flexibility index (Phi) is 4.77. The molecule has 2 aromatic rings. The summed E-state index contributed by atoms with van der Waals surface area (Å²) in [4.78, 5) is 29.0. The number of benzene rings is 1. The Hall–Kier alpha value is -2.87. The van der Waals surface area contributed by atoms with Crippen LogP contribution in [0.4, 0.5) is 10.1 Å². The molecule has 162 valence electrons. The fraction of sp³-hybridized carbons (Fsp3) is 0.409. The number of amides is 2. The van der Waals surface area contributed by atoms with Crippen molar-refractivity contribution in [1.29, 1.82) is 0 Å². The fourth-order valence-corrected chi connectivity index (χ4v) is 4.63. The average Bonchev–Trinajstić information content (AvgIpc) is 3.50. The first kappa shape index (κ1) is 20.1. The highest BCUT2D eigenvalue weighted by Gasteiger charge is 2.69. The third kappa shape index (κ3) is 4.17. The van der Waals surface area contributed by atoms with E-state index in [1.54, 1.807) is 12.3 Å². The first-order chi connectivity index (χ1) is 14.8. The standard InChI is InChI=1S/C22H22ClFN4O3/c23-16-4-3-15(8-17(16)24)31-9-19(29)27-21-10-22(11-21,12-21)28-20(30)18-7-14(5-6-25-18)26-13-1-2-13/h3-8,13H,1-2,9-12H2,(H,25,26)(H,27,29)(H,28,30). The Morgan fingerprint density at radius 1 is 1.13 bits per heavy atom. The van der Waals surface area contributed by atoms with Gasteiger partial charge in [-0.2, -0.15) is 0 Å². The van der Waals surface area contributed by atoms with Crippen molar-refractivity contribution in [3.63, 3.8) is 0 Å². The minimum Gasteiger partial charge on any atom is -0.484 e. The van der Waals surface area contributed by atoms with Crippen molar-refractivity contribution in [2.24, 2.45) is 0 Å². The fourth-order valence-electron chi connectivity index (χ4n) is 4.51. The van der Waals surface area contributed by atoms with Gasteiger partial charge in [-0.15, -0.1) is 0 Å². The molecule has 2 bridgehead atoms. The normalized spacial score (nSPS) is 25.6. The van der Waals surface area contributed by atoms with Gasteiger partial charge < -0.3 is 20.7 Å².